The Morgan fingerprint density at radius 1 is 1.44 bits per heavy atom. The lowest BCUT2D eigenvalue weighted by molar-refractivity contribution is -0.137. The van der Waals surface area contributed by atoms with Crippen molar-refractivity contribution < 1.29 is 14.6 Å². The molecule has 1 N–H and O–H groups in total. The Bertz CT molecular complexity index is 463. The van der Waals surface area contributed by atoms with Gasteiger partial charge in [0.1, 0.15) is 5.75 Å². The number of aliphatic carboxylic acids is 1. The number of hydrogen-bond acceptors (Lipinski definition) is 2. The first kappa shape index (κ1) is 11.6. The van der Waals surface area contributed by atoms with E-state index in [1.165, 1.54) is 5.56 Å². The van der Waals surface area contributed by atoms with Gasteiger partial charge in [-0.15, -0.1) is 0 Å². The second kappa shape index (κ2) is 4.63. The number of rotatable bonds is 4. The fourth-order valence-electron chi connectivity index (χ4n) is 2.92. The molecule has 1 aromatic carbocycles. The van der Waals surface area contributed by atoms with Crippen molar-refractivity contribution in [2.24, 2.45) is 5.92 Å². The van der Waals surface area contributed by atoms with E-state index in [1.807, 2.05) is 6.07 Å². The van der Waals surface area contributed by atoms with Gasteiger partial charge in [-0.2, -0.15) is 0 Å². The van der Waals surface area contributed by atoms with E-state index < -0.39 is 5.97 Å². The maximum Gasteiger partial charge on any atom is 0.303 e. The minimum Gasteiger partial charge on any atom is -0.493 e. The number of hydrogen-bond donors (Lipinski definition) is 1. The minimum absolute atomic E-state index is 0.135. The molecule has 0 saturated heterocycles. The number of ether oxygens (including phenoxy) is 1. The Morgan fingerprint density at radius 3 is 3.00 bits per heavy atom. The van der Waals surface area contributed by atoms with Gasteiger partial charge in [0.25, 0.3) is 0 Å². The van der Waals surface area contributed by atoms with Crippen molar-refractivity contribution in [1.82, 2.24) is 0 Å². The van der Waals surface area contributed by atoms with Crippen molar-refractivity contribution in [2.45, 2.75) is 38.0 Å². The SMILES string of the molecule is O=C(O)CC(c1cccc2c1OCCC2)C1CC1. The Hall–Kier alpha value is -1.51. The van der Waals surface area contributed by atoms with Crippen molar-refractivity contribution >= 4 is 5.97 Å². The molecule has 0 aromatic heterocycles. The topological polar surface area (TPSA) is 46.5 Å². The zero-order valence-electron chi connectivity index (χ0n) is 10.4. The van der Waals surface area contributed by atoms with Crippen LogP contribution in [0.3, 0.4) is 0 Å². The quantitative estimate of drug-likeness (QED) is 0.888. The molecular formula is C15H18O3. The lowest BCUT2D eigenvalue weighted by Crippen LogP contribution is -2.15. The molecule has 3 heteroatoms. The summed E-state index contributed by atoms with van der Waals surface area (Å²) in [7, 11) is 0. The summed E-state index contributed by atoms with van der Waals surface area (Å²) in [5.41, 5.74) is 2.37. The number of benzene rings is 1. The second-order valence-electron chi connectivity index (χ2n) is 5.33. The monoisotopic (exact) mass is 246 g/mol. The smallest absolute Gasteiger partial charge is 0.303 e. The van der Waals surface area contributed by atoms with Crippen molar-refractivity contribution in [3.8, 4) is 5.75 Å². The number of carboxylic acids is 1. The lowest BCUT2D eigenvalue weighted by atomic mass is 9.88. The van der Waals surface area contributed by atoms with Crippen molar-refractivity contribution in [1.29, 1.82) is 0 Å². The van der Waals surface area contributed by atoms with Crippen LogP contribution in [0.5, 0.6) is 5.75 Å². The van der Waals surface area contributed by atoms with Crippen LogP contribution >= 0.6 is 0 Å². The zero-order valence-corrected chi connectivity index (χ0v) is 10.4. The van der Waals surface area contributed by atoms with E-state index in [4.69, 9.17) is 9.84 Å². The number of fused-ring (bicyclic) bond motifs is 1. The maximum atomic E-state index is 11.0. The second-order valence-corrected chi connectivity index (χ2v) is 5.33. The highest BCUT2D eigenvalue weighted by atomic mass is 16.5. The molecule has 0 amide bonds. The Labute approximate surface area is 107 Å². The first-order valence-electron chi connectivity index (χ1n) is 6.72. The summed E-state index contributed by atoms with van der Waals surface area (Å²) in [5.74, 6) is 0.941. The van der Waals surface area contributed by atoms with E-state index in [1.54, 1.807) is 0 Å². The molecule has 0 spiro atoms. The van der Waals surface area contributed by atoms with E-state index in [2.05, 4.69) is 12.1 Å². The van der Waals surface area contributed by atoms with Gasteiger partial charge in [-0.05, 0) is 42.7 Å². The largest absolute Gasteiger partial charge is 0.493 e. The average molecular weight is 246 g/mol. The van der Waals surface area contributed by atoms with Crippen LogP contribution in [-0.2, 0) is 11.2 Å². The standard InChI is InChI=1S/C15H18O3/c16-14(17)9-13(10-6-7-10)12-5-1-3-11-4-2-8-18-15(11)12/h1,3,5,10,13H,2,4,6-9H2,(H,16,17). The highest BCUT2D eigenvalue weighted by Crippen LogP contribution is 2.48. The number of aryl methyl sites for hydroxylation is 1. The van der Waals surface area contributed by atoms with Crippen molar-refractivity contribution in [3.63, 3.8) is 0 Å². The molecule has 96 valence electrons. The summed E-state index contributed by atoms with van der Waals surface area (Å²) < 4.78 is 5.80. The third-order valence-electron chi connectivity index (χ3n) is 3.95. The fraction of sp³-hybridized carbons (Fsp3) is 0.533. The van der Waals surface area contributed by atoms with E-state index in [9.17, 15) is 4.79 Å². The molecule has 1 unspecified atom stereocenters. The highest BCUT2D eigenvalue weighted by Gasteiger charge is 2.36. The van der Waals surface area contributed by atoms with Crippen LogP contribution in [-0.4, -0.2) is 17.7 Å². The summed E-state index contributed by atoms with van der Waals surface area (Å²) in [5, 5.41) is 9.09. The predicted octanol–water partition coefficient (Wildman–Crippen LogP) is 2.98. The number of carbonyl (C=O) groups is 1. The van der Waals surface area contributed by atoms with Gasteiger partial charge >= 0.3 is 5.97 Å². The molecule has 3 nitrogen and oxygen atoms in total. The molecule has 1 atom stereocenters. The predicted molar refractivity (Wildman–Crippen MR) is 68.0 cm³/mol. The zero-order chi connectivity index (χ0) is 12.5. The molecule has 1 aliphatic carbocycles. The third kappa shape index (κ3) is 2.22. The van der Waals surface area contributed by atoms with Crippen LogP contribution < -0.4 is 4.74 Å². The number of para-hydroxylation sites is 1. The molecule has 1 aliphatic heterocycles. The molecule has 1 aromatic rings. The van der Waals surface area contributed by atoms with E-state index in [0.29, 0.717) is 5.92 Å². The van der Waals surface area contributed by atoms with Gasteiger partial charge in [0.05, 0.1) is 13.0 Å². The van der Waals surface area contributed by atoms with E-state index >= 15 is 0 Å². The van der Waals surface area contributed by atoms with Crippen LogP contribution in [0.4, 0.5) is 0 Å². The molecular weight excluding hydrogens is 228 g/mol. The molecule has 2 aliphatic rings. The first-order valence-corrected chi connectivity index (χ1v) is 6.72. The summed E-state index contributed by atoms with van der Waals surface area (Å²) in [4.78, 5) is 11.0. The Balaban J connectivity index is 1.95. The summed E-state index contributed by atoms with van der Waals surface area (Å²) in [6.07, 6.45) is 4.64. The lowest BCUT2D eigenvalue weighted by Gasteiger charge is -2.24. The van der Waals surface area contributed by atoms with E-state index in [-0.39, 0.29) is 12.3 Å². The first-order chi connectivity index (χ1) is 8.75. The molecule has 18 heavy (non-hydrogen) atoms. The molecule has 3 rings (SSSR count). The number of carboxylic acid groups (broad SMARTS) is 1. The normalized spacial score (nSPS) is 19.8. The summed E-state index contributed by atoms with van der Waals surface area (Å²) >= 11 is 0. The van der Waals surface area contributed by atoms with Gasteiger partial charge in [0.15, 0.2) is 0 Å². The summed E-state index contributed by atoms with van der Waals surface area (Å²) in [6.45, 7) is 0.758. The Morgan fingerprint density at radius 2 is 2.28 bits per heavy atom. The molecule has 1 saturated carbocycles. The summed E-state index contributed by atoms with van der Waals surface area (Å²) in [6, 6.07) is 6.19. The minimum atomic E-state index is -0.708. The molecule has 1 fully saturated rings. The van der Waals surface area contributed by atoms with Crippen molar-refractivity contribution in [2.75, 3.05) is 6.61 Å². The fourth-order valence-corrected chi connectivity index (χ4v) is 2.92. The van der Waals surface area contributed by atoms with Crippen molar-refractivity contribution in [3.05, 3.63) is 29.3 Å². The van der Waals surface area contributed by atoms with Gasteiger partial charge in [0, 0.05) is 5.92 Å². The molecule has 0 radical (unpaired) electrons. The Kier molecular flexibility index (Phi) is 2.98. The average Bonchev–Trinajstić information content (AvgIpc) is 3.19. The van der Waals surface area contributed by atoms with Crippen LogP contribution in [0.2, 0.25) is 0 Å². The van der Waals surface area contributed by atoms with Gasteiger partial charge in [-0.3, -0.25) is 4.79 Å². The van der Waals surface area contributed by atoms with Gasteiger partial charge in [-0.1, -0.05) is 18.2 Å². The van der Waals surface area contributed by atoms with Gasteiger partial charge in [0.2, 0.25) is 0 Å². The van der Waals surface area contributed by atoms with Crippen LogP contribution in [0.25, 0.3) is 0 Å². The highest BCUT2D eigenvalue weighted by molar-refractivity contribution is 5.68. The van der Waals surface area contributed by atoms with Gasteiger partial charge in [-0.25, -0.2) is 0 Å². The molecule has 0 bridgehead atoms. The van der Waals surface area contributed by atoms with E-state index in [0.717, 1.165) is 43.6 Å². The molecule has 1 heterocycles. The third-order valence-corrected chi connectivity index (χ3v) is 3.95. The van der Waals surface area contributed by atoms with Crippen LogP contribution in [0.1, 0.15) is 42.7 Å². The van der Waals surface area contributed by atoms with Gasteiger partial charge < -0.3 is 9.84 Å². The maximum absolute atomic E-state index is 11.0. The van der Waals surface area contributed by atoms with Crippen LogP contribution in [0.15, 0.2) is 18.2 Å². The van der Waals surface area contributed by atoms with Crippen LogP contribution in [0, 0.1) is 5.92 Å².